The van der Waals surface area contributed by atoms with Crippen LogP contribution in [0.3, 0.4) is 0 Å². The van der Waals surface area contributed by atoms with E-state index in [1.54, 1.807) is 6.07 Å². The SMILES string of the molecule is Cc1cccc(C(=O)Nc2ccc3oc(-c4ccccc4Br)nc3c2)c1. The molecule has 0 unspecified atom stereocenters. The zero-order valence-corrected chi connectivity index (χ0v) is 15.6. The highest BCUT2D eigenvalue weighted by Gasteiger charge is 2.12. The van der Waals surface area contributed by atoms with Crippen LogP contribution in [0.1, 0.15) is 15.9 Å². The molecule has 3 aromatic carbocycles. The molecular formula is C21H15BrN2O2. The molecule has 0 aliphatic carbocycles. The van der Waals surface area contributed by atoms with Gasteiger partial charge in [0.05, 0.1) is 5.56 Å². The van der Waals surface area contributed by atoms with E-state index in [0.717, 1.165) is 15.6 Å². The highest BCUT2D eigenvalue weighted by atomic mass is 79.9. The van der Waals surface area contributed by atoms with Gasteiger partial charge >= 0.3 is 0 Å². The summed E-state index contributed by atoms with van der Waals surface area (Å²) in [5.74, 6) is 0.386. The molecule has 4 aromatic rings. The molecule has 26 heavy (non-hydrogen) atoms. The van der Waals surface area contributed by atoms with Crippen molar-refractivity contribution in [1.82, 2.24) is 4.98 Å². The number of aromatic nitrogens is 1. The first kappa shape index (κ1) is 16.5. The Balaban J connectivity index is 1.64. The number of halogens is 1. The van der Waals surface area contributed by atoms with Crippen LogP contribution in [-0.2, 0) is 0 Å². The Bertz CT molecular complexity index is 1120. The van der Waals surface area contributed by atoms with Crippen molar-refractivity contribution in [2.24, 2.45) is 0 Å². The first-order valence-electron chi connectivity index (χ1n) is 8.14. The number of hydrogen-bond donors (Lipinski definition) is 1. The first-order valence-corrected chi connectivity index (χ1v) is 8.93. The van der Waals surface area contributed by atoms with Crippen molar-refractivity contribution in [2.75, 3.05) is 5.32 Å². The van der Waals surface area contributed by atoms with Gasteiger partial charge in [-0.3, -0.25) is 4.79 Å². The average Bonchev–Trinajstić information content (AvgIpc) is 3.05. The van der Waals surface area contributed by atoms with Gasteiger partial charge in [0.15, 0.2) is 5.58 Å². The van der Waals surface area contributed by atoms with Crippen LogP contribution in [0.2, 0.25) is 0 Å². The predicted molar refractivity (Wildman–Crippen MR) is 106 cm³/mol. The average molecular weight is 407 g/mol. The third kappa shape index (κ3) is 3.26. The van der Waals surface area contributed by atoms with Crippen LogP contribution >= 0.6 is 15.9 Å². The van der Waals surface area contributed by atoms with Crippen LogP contribution in [0.15, 0.2) is 75.6 Å². The molecule has 0 fully saturated rings. The van der Waals surface area contributed by atoms with Gasteiger partial charge in [-0.25, -0.2) is 4.98 Å². The lowest BCUT2D eigenvalue weighted by Crippen LogP contribution is -2.11. The Morgan fingerprint density at radius 3 is 2.69 bits per heavy atom. The molecule has 1 heterocycles. The maximum atomic E-state index is 12.4. The summed E-state index contributed by atoms with van der Waals surface area (Å²) in [5.41, 5.74) is 4.59. The number of hydrogen-bond acceptors (Lipinski definition) is 3. The fraction of sp³-hybridized carbons (Fsp3) is 0.0476. The van der Waals surface area contributed by atoms with Gasteiger partial charge in [-0.1, -0.05) is 29.8 Å². The largest absolute Gasteiger partial charge is 0.436 e. The number of nitrogens with zero attached hydrogens (tertiary/aromatic N) is 1. The number of aryl methyl sites for hydroxylation is 1. The highest BCUT2D eigenvalue weighted by molar-refractivity contribution is 9.10. The molecule has 4 nitrogen and oxygen atoms in total. The summed E-state index contributed by atoms with van der Waals surface area (Å²) in [6.07, 6.45) is 0. The molecule has 1 amide bonds. The summed E-state index contributed by atoms with van der Waals surface area (Å²) >= 11 is 3.51. The number of anilines is 1. The molecule has 128 valence electrons. The number of rotatable bonds is 3. The number of nitrogens with one attached hydrogen (secondary N) is 1. The number of amides is 1. The van der Waals surface area contributed by atoms with Crippen molar-refractivity contribution in [3.8, 4) is 11.5 Å². The van der Waals surface area contributed by atoms with Crippen molar-refractivity contribution in [2.45, 2.75) is 6.92 Å². The van der Waals surface area contributed by atoms with E-state index in [4.69, 9.17) is 4.42 Å². The molecule has 5 heteroatoms. The number of carbonyl (C=O) groups is 1. The van der Waals surface area contributed by atoms with Crippen LogP contribution in [0.5, 0.6) is 0 Å². The molecule has 0 spiro atoms. The minimum absolute atomic E-state index is 0.150. The summed E-state index contributed by atoms with van der Waals surface area (Å²) in [7, 11) is 0. The Hall–Kier alpha value is -2.92. The molecule has 4 rings (SSSR count). The van der Waals surface area contributed by atoms with Crippen LogP contribution in [-0.4, -0.2) is 10.9 Å². The lowest BCUT2D eigenvalue weighted by molar-refractivity contribution is 0.102. The van der Waals surface area contributed by atoms with E-state index in [9.17, 15) is 4.79 Å². The van der Waals surface area contributed by atoms with Crippen molar-refractivity contribution < 1.29 is 9.21 Å². The van der Waals surface area contributed by atoms with Gasteiger partial charge in [-0.05, 0) is 65.3 Å². The predicted octanol–water partition coefficient (Wildman–Crippen LogP) is 5.82. The first-order chi connectivity index (χ1) is 12.6. The molecule has 0 atom stereocenters. The lowest BCUT2D eigenvalue weighted by atomic mass is 10.1. The Morgan fingerprint density at radius 2 is 1.88 bits per heavy atom. The number of benzene rings is 3. The summed E-state index contributed by atoms with van der Waals surface area (Å²) in [4.78, 5) is 17.0. The van der Waals surface area contributed by atoms with E-state index >= 15 is 0 Å². The smallest absolute Gasteiger partial charge is 0.255 e. The third-order valence-corrected chi connectivity index (χ3v) is 4.72. The number of fused-ring (bicyclic) bond motifs is 1. The Kier molecular flexibility index (Phi) is 4.31. The minimum atomic E-state index is -0.150. The topological polar surface area (TPSA) is 55.1 Å². The molecular weight excluding hydrogens is 392 g/mol. The second-order valence-corrected chi connectivity index (χ2v) is 6.86. The Morgan fingerprint density at radius 1 is 1.04 bits per heavy atom. The van der Waals surface area contributed by atoms with E-state index in [0.29, 0.717) is 28.2 Å². The van der Waals surface area contributed by atoms with Crippen molar-refractivity contribution in [3.05, 3.63) is 82.3 Å². The van der Waals surface area contributed by atoms with Crippen molar-refractivity contribution in [3.63, 3.8) is 0 Å². The highest BCUT2D eigenvalue weighted by Crippen LogP contribution is 2.31. The summed E-state index contributed by atoms with van der Waals surface area (Å²) in [5, 5.41) is 2.91. The van der Waals surface area contributed by atoms with E-state index in [-0.39, 0.29) is 5.91 Å². The van der Waals surface area contributed by atoms with E-state index in [1.165, 1.54) is 0 Å². The maximum absolute atomic E-state index is 12.4. The maximum Gasteiger partial charge on any atom is 0.255 e. The van der Waals surface area contributed by atoms with Crippen LogP contribution in [0, 0.1) is 6.92 Å². The normalized spacial score (nSPS) is 10.8. The second kappa shape index (κ2) is 6.77. The fourth-order valence-corrected chi connectivity index (χ4v) is 3.20. The van der Waals surface area contributed by atoms with Gasteiger partial charge in [-0.2, -0.15) is 0 Å². The van der Waals surface area contributed by atoms with Crippen LogP contribution in [0.25, 0.3) is 22.6 Å². The van der Waals surface area contributed by atoms with Gasteiger partial charge < -0.3 is 9.73 Å². The molecule has 0 radical (unpaired) electrons. The molecule has 1 N–H and O–H groups in total. The molecule has 0 saturated heterocycles. The molecule has 0 aliphatic heterocycles. The minimum Gasteiger partial charge on any atom is -0.436 e. The number of carbonyl (C=O) groups excluding carboxylic acids is 1. The number of oxazole rings is 1. The summed E-state index contributed by atoms with van der Waals surface area (Å²) in [6.45, 7) is 1.96. The van der Waals surface area contributed by atoms with Gasteiger partial charge in [0, 0.05) is 15.7 Å². The van der Waals surface area contributed by atoms with E-state index in [1.807, 2.05) is 67.6 Å². The standard InChI is InChI=1S/C21H15BrN2O2/c1-13-5-4-6-14(11-13)20(25)23-15-9-10-19-18(12-15)24-21(26-19)16-7-2-3-8-17(16)22/h2-12H,1H3,(H,23,25). The van der Waals surface area contributed by atoms with Crippen molar-refractivity contribution >= 4 is 38.6 Å². The Labute approximate surface area is 159 Å². The van der Waals surface area contributed by atoms with E-state index in [2.05, 4.69) is 26.2 Å². The van der Waals surface area contributed by atoms with Gasteiger partial charge in [-0.15, -0.1) is 0 Å². The molecule has 0 aliphatic rings. The zero-order chi connectivity index (χ0) is 18.1. The molecule has 1 aromatic heterocycles. The molecule has 0 saturated carbocycles. The summed E-state index contributed by atoms with van der Waals surface area (Å²) in [6, 6.07) is 20.7. The van der Waals surface area contributed by atoms with E-state index < -0.39 is 0 Å². The quantitative estimate of drug-likeness (QED) is 0.466. The van der Waals surface area contributed by atoms with Gasteiger partial charge in [0.1, 0.15) is 5.52 Å². The van der Waals surface area contributed by atoms with Gasteiger partial charge in [0.25, 0.3) is 5.91 Å². The van der Waals surface area contributed by atoms with Crippen molar-refractivity contribution in [1.29, 1.82) is 0 Å². The molecule has 0 bridgehead atoms. The zero-order valence-electron chi connectivity index (χ0n) is 14.0. The van der Waals surface area contributed by atoms with Gasteiger partial charge in [0.2, 0.25) is 5.89 Å². The van der Waals surface area contributed by atoms with Crippen LogP contribution < -0.4 is 5.32 Å². The third-order valence-electron chi connectivity index (χ3n) is 4.03. The monoisotopic (exact) mass is 406 g/mol. The second-order valence-electron chi connectivity index (χ2n) is 6.00. The lowest BCUT2D eigenvalue weighted by Gasteiger charge is -2.05. The summed E-state index contributed by atoms with van der Waals surface area (Å²) < 4.78 is 6.76. The van der Waals surface area contributed by atoms with Crippen LogP contribution in [0.4, 0.5) is 5.69 Å². The fourth-order valence-electron chi connectivity index (χ4n) is 2.74.